The van der Waals surface area contributed by atoms with Crippen LogP contribution in [-0.2, 0) is 26.2 Å². The molecule has 152 valence electrons. The zero-order valence-corrected chi connectivity index (χ0v) is 16.8. The van der Waals surface area contributed by atoms with Gasteiger partial charge in [0.05, 0.1) is 13.0 Å². The molecule has 2 rings (SSSR count). The topological polar surface area (TPSA) is 103 Å². The van der Waals surface area contributed by atoms with E-state index in [4.69, 9.17) is 13.9 Å². The Morgan fingerprint density at radius 2 is 1.71 bits per heavy atom. The molecule has 2 aromatic rings. The number of hydrogen-bond acceptors (Lipinski definition) is 7. The van der Waals surface area contributed by atoms with E-state index in [1.807, 2.05) is 6.92 Å². The monoisotopic (exact) mass is 409 g/mol. The number of ether oxygens (including phenoxy) is 2. The number of Topliss-reactive ketones (excluding diaryl/α,β-unsaturated/α-hetero) is 1. The molecule has 8 nitrogen and oxygen atoms in total. The number of hydrogen-bond donors (Lipinski definition) is 0. The van der Waals surface area contributed by atoms with Gasteiger partial charge in [-0.05, 0) is 43.3 Å². The van der Waals surface area contributed by atoms with E-state index in [1.165, 1.54) is 26.2 Å². The summed E-state index contributed by atoms with van der Waals surface area (Å²) in [6.07, 6.45) is -0.0825. The van der Waals surface area contributed by atoms with E-state index in [9.17, 15) is 18.0 Å². The average Bonchev–Trinajstić information content (AvgIpc) is 3.15. The predicted molar refractivity (Wildman–Crippen MR) is 101 cm³/mol. The van der Waals surface area contributed by atoms with E-state index >= 15 is 0 Å². The minimum Gasteiger partial charge on any atom is -0.494 e. The number of carbonyl (C=O) groups is 2. The van der Waals surface area contributed by atoms with E-state index in [-0.39, 0.29) is 36.1 Å². The van der Waals surface area contributed by atoms with E-state index in [0.29, 0.717) is 17.9 Å². The SMILES string of the molecule is CCOc1ccc(C(=O)CCC(=O)OCc2ccc(S(=O)(=O)N(C)C)o2)cc1. The smallest absolute Gasteiger partial charge is 0.306 e. The van der Waals surface area contributed by atoms with Gasteiger partial charge in [-0.2, -0.15) is 0 Å². The van der Waals surface area contributed by atoms with Gasteiger partial charge < -0.3 is 13.9 Å². The average molecular weight is 409 g/mol. The van der Waals surface area contributed by atoms with Crippen molar-refractivity contribution in [2.75, 3.05) is 20.7 Å². The fraction of sp³-hybridized carbons (Fsp3) is 0.368. The van der Waals surface area contributed by atoms with Crippen molar-refractivity contribution in [1.82, 2.24) is 4.31 Å². The molecule has 0 saturated carbocycles. The largest absolute Gasteiger partial charge is 0.494 e. The van der Waals surface area contributed by atoms with Crippen LogP contribution in [0.1, 0.15) is 35.9 Å². The second-order valence-corrected chi connectivity index (χ2v) is 8.13. The van der Waals surface area contributed by atoms with Crippen molar-refractivity contribution < 1.29 is 31.9 Å². The lowest BCUT2D eigenvalue weighted by atomic mass is 10.1. The molecule has 9 heteroatoms. The van der Waals surface area contributed by atoms with Crippen molar-refractivity contribution in [2.45, 2.75) is 31.5 Å². The van der Waals surface area contributed by atoms with Crippen LogP contribution < -0.4 is 4.74 Å². The Labute approximate surface area is 164 Å². The van der Waals surface area contributed by atoms with Gasteiger partial charge in [0.2, 0.25) is 5.09 Å². The Hall–Kier alpha value is -2.65. The van der Waals surface area contributed by atoms with Crippen LogP contribution >= 0.6 is 0 Å². The minimum atomic E-state index is -3.68. The summed E-state index contributed by atoms with van der Waals surface area (Å²) in [5, 5.41) is -0.228. The maximum atomic E-state index is 12.1. The number of sulfonamides is 1. The molecule has 1 heterocycles. The summed E-state index contributed by atoms with van der Waals surface area (Å²) in [6.45, 7) is 2.20. The third-order valence-electron chi connectivity index (χ3n) is 3.79. The zero-order chi connectivity index (χ0) is 20.7. The van der Waals surface area contributed by atoms with Crippen molar-refractivity contribution in [3.63, 3.8) is 0 Å². The van der Waals surface area contributed by atoms with Gasteiger partial charge >= 0.3 is 5.97 Å². The molecular formula is C19H23NO7S. The summed E-state index contributed by atoms with van der Waals surface area (Å²) in [5.41, 5.74) is 0.487. The summed E-state index contributed by atoms with van der Waals surface area (Å²) in [6, 6.07) is 9.42. The van der Waals surface area contributed by atoms with Crippen LogP contribution in [0.25, 0.3) is 0 Å². The molecule has 0 fully saturated rings. The maximum Gasteiger partial charge on any atom is 0.306 e. The highest BCUT2D eigenvalue weighted by molar-refractivity contribution is 7.88. The van der Waals surface area contributed by atoms with Crippen LogP contribution in [0.15, 0.2) is 45.9 Å². The van der Waals surface area contributed by atoms with Crippen molar-refractivity contribution in [3.05, 3.63) is 47.7 Å². The van der Waals surface area contributed by atoms with Crippen LogP contribution in [0, 0.1) is 0 Å². The summed E-state index contributed by atoms with van der Waals surface area (Å²) in [7, 11) is -0.905. The summed E-state index contributed by atoms with van der Waals surface area (Å²) < 4.78 is 40.4. The van der Waals surface area contributed by atoms with Gasteiger partial charge in [0, 0.05) is 26.1 Å². The molecule has 0 aliphatic heterocycles. The Bertz CT molecular complexity index is 914. The van der Waals surface area contributed by atoms with E-state index in [0.717, 1.165) is 4.31 Å². The van der Waals surface area contributed by atoms with Crippen LogP contribution in [-0.4, -0.2) is 45.2 Å². The molecule has 0 unspecified atom stereocenters. The standard InChI is InChI=1S/C19H23NO7S/c1-4-25-15-7-5-14(6-8-15)17(21)10-11-18(22)26-13-16-9-12-19(27-16)28(23,24)20(2)3/h5-9,12H,4,10-11,13H2,1-3H3. The lowest BCUT2D eigenvalue weighted by Crippen LogP contribution is -2.21. The minimum absolute atomic E-state index is 0.00519. The predicted octanol–water partition coefficient (Wildman–Crippen LogP) is 2.63. The molecule has 0 aliphatic rings. The number of nitrogens with zero attached hydrogens (tertiary/aromatic N) is 1. The summed E-state index contributed by atoms with van der Waals surface area (Å²) >= 11 is 0. The Morgan fingerprint density at radius 1 is 1.04 bits per heavy atom. The van der Waals surface area contributed by atoms with Gasteiger partial charge in [-0.25, -0.2) is 12.7 Å². The van der Waals surface area contributed by atoms with Crippen molar-refractivity contribution in [1.29, 1.82) is 0 Å². The van der Waals surface area contributed by atoms with Crippen molar-refractivity contribution >= 4 is 21.8 Å². The fourth-order valence-corrected chi connectivity index (χ4v) is 3.05. The van der Waals surface area contributed by atoms with E-state index in [2.05, 4.69) is 0 Å². The van der Waals surface area contributed by atoms with Gasteiger partial charge in [0.1, 0.15) is 18.1 Å². The van der Waals surface area contributed by atoms with Gasteiger partial charge in [-0.1, -0.05) is 0 Å². The molecular weight excluding hydrogens is 386 g/mol. The van der Waals surface area contributed by atoms with Crippen LogP contribution in [0.4, 0.5) is 0 Å². The molecule has 1 aromatic heterocycles. The highest BCUT2D eigenvalue weighted by Crippen LogP contribution is 2.18. The lowest BCUT2D eigenvalue weighted by Gasteiger charge is -2.08. The summed E-state index contributed by atoms with van der Waals surface area (Å²) in [4.78, 5) is 24.0. The number of rotatable bonds is 10. The van der Waals surface area contributed by atoms with Crippen LogP contribution in [0.3, 0.4) is 0 Å². The van der Waals surface area contributed by atoms with Gasteiger partial charge in [-0.3, -0.25) is 9.59 Å². The molecule has 0 radical (unpaired) electrons. The number of ketones is 1. The molecule has 0 N–H and O–H groups in total. The Balaban J connectivity index is 1.81. The third-order valence-corrected chi connectivity index (χ3v) is 5.48. The molecule has 0 amide bonds. The first-order chi connectivity index (χ1) is 13.2. The van der Waals surface area contributed by atoms with Gasteiger partial charge in [0.15, 0.2) is 5.78 Å². The van der Waals surface area contributed by atoms with Crippen LogP contribution in [0.2, 0.25) is 0 Å². The molecule has 1 aromatic carbocycles. The lowest BCUT2D eigenvalue weighted by molar-refractivity contribution is -0.145. The van der Waals surface area contributed by atoms with Gasteiger partial charge in [0.25, 0.3) is 10.0 Å². The first kappa shape index (κ1) is 21.6. The van der Waals surface area contributed by atoms with Gasteiger partial charge in [-0.15, -0.1) is 0 Å². The molecule has 28 heavy (non-hydrogen) atoms. The normalized spacial score (nSPS) is 11.4. The zero-order valence-electron chi connectivity index (χ0n) is 16.0. The van der Waals surface area contributed by atoms with E-state index in [1.54, 1.807) is 24.3 Å². The first-order valence-electron chi connectivity index (χ1n) is 8.67. The molecule has 0 spiro atoms. The van der Waals surface area contributed by atoms with E-state index < -0.39 is 16.0 Å². The number of benzene rings is 1. The molecule has 0 saturated heterocycles. The van der Waals surface area contributed by atoms with Crippen LogP contribution in [0.5, 0.6) is 5.75 Å². The first-order valence-corrected chi connectivity index (χ1v) is 10.1. The second kappa shape index (κ2) is 9.52. The second-order valence-electron chi connectivity index (χ2n) is 6.05. The van der Waals surface area contributed by atoms with Crippen molar-refractivity contribution in [3.8, 4) is 5.75 Å². The number of carbonyl (C=O) groups excluding carboxylic acids is 2. The number of furan rings is 1. The fourth-order valence-electron chi connectivity index (χ4n) is 2.24. The Morgan fingerprint density at radius 3 is 2.32 bits per heavy atom. The Kier molecular flexibility index (Phi) is 7.36. The molecule has 0 aliphatic carbocycles. The van der Waals surface area contributed by atoms with Crippen molar-refractivity contribution in [2.24, 2.45) is 0 Å². The highest BCUT2D eigenvalue weighted by Gasteiger charge is 2.21. The highest BCUT2D eigenvalue weighted by atomic mass is 32.2. The maximum absolute atomic E-state index is 12.1. The summed E-state index contributed by atoms with van der Waals surface area (Å²) in [5.74, 6) is 0.115. The number of esters is 1. The molecule has 0 bridgehead atoms. The third kappa shape index (κ3) is 5.67. The molecule has 0 atom stereocenters. The quantitative estimate of drug-likeness (QED) is 0.439.